The largest absolute Gasteiger partial charge is 0.478 e. The number of carboxylic acids is 1. The highest BCUT2D eigenvalue weighted by molar-refractivity contribution is 5.93. The first-order valence-electron chi connectivity index (χ1n) is 9.37. The maximum atomic E-state index is 11.6. The number of hydrogen-bond acceptors (Lipinski definition) is 4. The SMILES string of the molecule is CCC(C)(C)c1cc(Nc2nc(C)ccc2C(=O)O)n(-c2ccccc2C)n1. The lowest BCUT2D eigenvalue weighted by atomic mass is 9.87. The average Bonchev–Trinajstić information content (AvgIpc) is 3.06. The van der Waals surface area contributed by atoms with Gasteiger partial charge >= 0.3 is 5.97 Å². The number of aryl methyl sites for hydroxylation is 2. The van der Waals surface area contributed by atoms with Gasteiger partial charge in [0.15, 0.2) is 0 Å². The standard InChI is InChI=1S/C22H26N4O2/c1-6-22(4,5)18-13-19(26(25-18)17-10-8-7-9-14(17)2)24-20-16(21(27)28)12-11-15(3)23-20/h7-13H,6H2,1-5H3,(H,23,24)(H,27,28). The second-order valence-electron chi connectivity index (χ2n) is 7.63. The third-order valence-electron chi connectivity index (χ3n) is 5.14. The number of aromatic nitrogens is 3. The molecule has 0 bridgehead atoms. The van der Waals surface area contributed by atoms with Crippen LogP contribution in [0.5, 0.6) is 0 Å². The number of pyridine rings is 1. The van der Waals surface area contributed by atoms with E-state index in [1.807, 2.05) is 48.9 Å². The number of para-hydroxylation sites is 1. The van der Waals surface area contributed by atoms with Crippen LogP contribution in [0.1, 0.15) is 54.5 Å². The van der Waals surface area contributed by atoms with Crippen molar-refractivity contribution in [2.45, 2.75) is 46.5 Å². The second kappa shape index (κ2) is 7.46. The third kappa shape index (κ3) is 3.76. The van der Waals surface area contributed by atoms with Crippen LogP contribution in [0.4, 0.5) is 11.6 Å². The van der Waals surface area contributed by atoms with Crippen molar-refractivity contribution >= 4 is 17.6 Å². The zero-order chi connectivity index (χ0) is 20.5. The number of carboxylic acid groups (broad SMARTS) is 1. The summed E-state index contributed by atoms with van der Waals surface area (Å²) >= 11 is 0. The molecule has 6 nitrogen and oxygen atoms in total. The quantitative estimate of drug-likeness (QED) is 0.630. The number of nitrogens with one attached hydrogen (secondary N) is 1. The molecule has 2 aromatic heterocycles. The fraction of sp³-hybridized carbons (Fsp3) is 0.318. The average molecular weight is 378 g/mol. The van der Waals surface area contributed by atoms with Gasteiger partial charge in [-0.05, 0) is 44.0 Å². The normalized spacial score (nSPS) is 11.5. The smallest absolute Gasteiger partial charge is 0.339 e. The molecule has 2 heterocycles. The monoisotopic (exact) mass is 378 g/mol. The number of anilines is 2. The molecule has 6 heteroatoms. The Morgan fingerprint density at radius 3 is 2.54 bits per heavy atom. The summed E-state index contributed by atoms with van der Waals surface area (Å²) in [6, 6.07) is 13.2. The molecule has 3 aromatic rings. The number of nitrogens with zero attached hydrogens (tertiary/aromatic N) is 3. The van der Waals surface area contributed by atoms with Gasteiger partial charge in [-0.3, -0.25) is 0 Å². The fourth-order valence-corrected chi connectivity index (χ4v) is 2.91. The molecule has 0 aliphatic carbocycles. The van der Waals surface area contributed by atoms with Gasteiger partial charge in [-0.2, -0.15) is 5.10 Å². The van der Waals surface area contributed by atoms with Gasteiger partial charge in [0.05, 0.1) is 11.4 Å². The summed E-state index contributed by atoms with van der Waals surface area (Å²) < 4.78 is 1.83. The van der Waals surface area contributed by atoms with Crippen LogP contribution in [-0.2, 0) is 5.41 Å². The summed E-state index contributed by atoms with van der Waals surface area (Å²) in [4.78, 5) is 16.0. The van der Waals surface area contributed by atoms with E-state index in [0.717, 1.165) is 29.1 Å². The summed E-state index contributed by atoms with van der Waals surface area (Å²) in [5, 5.41) is 17.6. The predicted octanol–water partition coefficient (Wildman–Crippen LogP) is 5.01. The molecule has 0 aliphatic rings. The van der Waals surface area contributed by atoms with Crippen LogP contribution >= 0.6 is 0 Å². The molecule has 0 fully saturated rings. The number of hydrogen-bond donors (Lipinski definition) is 2. The van der Waals surface area contributed by atoms with Crippen molar-refractivity contribution in [1.29, 1.82) is 0 Å². The van der Waals surface area contributed by atoms with Crippen LogP contribution in [0.2, 0.25) is 0 Å². The topological polar surface area (TPSA) is 80.0 Å². The van der Waals surface area contributed by atoms with Crippen molar-refractivity contribution in [3.63, 3.8) is 0 Å². The van der Waals surface area contributed by atoms with Crippen LogP contribution in [0.3, 0.4) is 0 Å². The Morgan fingerprint density at radius 1 is 1.18 bits per heavy atom. The van der Waals surface area contributed by atoms with Crippen LogP contribution < -0.4 is 5.32 Å². The first kappa shape index (κ1) is 19.6. The molecule has 0 unspecified atom stereocenters. The van der Waals surface area contributed by atoms with Crippen LogP contribution in [-0.4, -0.2) is 25.8 Å². The first-order valence-corrected chi connectivity index (χ1v) is 9.37. The van der Waals surface area contributed by atoms with E-state index in [1.54, 1.807) is 12.1 Å². The van der Waals surface area contributed by atoms with E-state index in [0.29, 0.717) is 11.6 Å². The van der Waals surface area contributed by atoms with Gasteiger partial charge in [-0.1, -0.05) is 39.0 Å². The van der Waals surface area contributed by atoms with Crippen molar-refractivity contribution in [3.05, 3.63) is 65.0 Å². The van der Waals surface area contributed by atoms with Gasteiger partial charge in [0, 0.05) is 17.2 Å². The molecule has 146 valence electrons. The summed E-state index contributed by atoms with van der Waals surface area (Å²) in [5.41, 5.74) is 3.70. The van der Waals surface area contributed by atoms with E-state index >= 15 is 0 Å². The summed E-state index contributed by atoms with van der Waals surface area (Å²) in [7, 11) is 0. The zero-order valence-corrected chi connectivity index (χ0v) is 16.9. The molecular weight excluding hydrogens is 352 g/mol. The molecule has 0 atom stereocenters. The summed E-state index contributed by atoms with van der Waals surface area (Å²) in [5.74, 6) is -0.0272. The van der Waals surface area contributed by atoms with Crippen molar-refractivity contribution in [2.75, 3.05) is 5.32 Å². The van der Waals surface area contributed by atoms with Gasteiger partial charge < -0.3 is 10.4 Å². The predicted molar refractivity (Wildman–Crippen MR) is 111 cm³/mol. The van der Waals surface area contributed by atoms with Gasteiger partial charge in [0.2, 0.25) is 0 Å². The molecule has 2 N–H and O–H groups in total. The highest BCUT2D eigenvalue weighted by Crippen LogP contribution is 2.31. The van der Waals surface area contributed by atoms with E-state index in [2.05, 4.69) is 31.1 Å². The van der Waals surface area contributed by atoms with Crippen molar-refractivity contribution in [2.24, 2.45) is 0 Å². The number of benzene rings is 1. The Labute approximate surface area is 165 Å². The van der Waals surface area contributed by atoms with Crippen LogP contribution in [0, 0.1) is 13.8 Å². The van der Waals surface area contributed by atoms with Gasteiger partial charge in [-0.25, -0.2) is 14.5 Å². The zero-order valence-electron chi connectivity index (χ0n) is 16.9. The number of rotatable bonds is 6. The molecule has 0 saturated carbocycles. The van der Waals surface area contributed by atoms with E-state index in [9.17, 15) is 9.90 Å². The Balaban J connectivity index is 2.17. The molecule has 28 heavy (non-hydrogen) atoms. The number of carbonyl (C=O) groups is 1. The van der Waals surface area contributed by atoms with Gasteiger partial charge in [0.1, 0.15) is 17.2 Å². The van der Waals surface area contributed by atoms with E-state index in [4.69, 9.17) is 5.10 Å². The third-order valence-corrected chi connectivity index (χ3v) is 5.14. The fourth-order valence-electron chi connectivity index (χ4n) is 2.91. The van der Waals surface area contributed by atoms with Crippen LogP contribution in [0.15, 0.2) is 42.5 Å². The molecule has 0 aliphatic heterocycles. The Hall–Kier alpha value is -3.15. The van der Waals surface area contributed by atoms with E-state index in [1.165, 1.54) is 0 Å². The Kier molecular flexibility index (Phi) is 5.23. The molecular formula is C22H26N4O2. The first-order chi connectivity index (χ1) is 13.2. The summed E-state index contributed by atoms with van der Waals surface area (Å²) in [6.45, 7) is 10.3. The highest BCUT2D eigenvalue weighted by atomic mass is 16.4. The Bertz CT molecular complexity index is 1020. The van der Waals surface area contributed by atoms with Crippen LogP contribution in [0.25, 0.3) is 5.69 Å². The maximum Gasteiger partial charge on any atom is 0.339 e. The second-order valence-corrected chi connectivity index (χ2v) is 7.63. The van der Waals surface area contributed by atoms with Gasteiger partial charge in [0.25, 0.3) is 0 Å². The van der Waals surface area contributed by atoms with Gasteiger partial charge in [-0.15, -0.1) is 0 Å². The minimum Gasteiger partial charge on any atom is -0.478 e. The maximum absolute atomic E-state index is 11.6. The lowest BCUT2D eigenvalue weighted by molar-refractivity contribution is 0.0697. The summed E-state index contributed by atoms with van der Waals surface area (Å²) in [6.07, 6.45) is 0.931. The van der Waals surface area contributed by atoms with E-state index in [-0.39, 0.29) is 11.0 Å². The molecule has 0 radical (unpaired) electrons. The number of aromatic carboxylic acids is 1. The minimum atomic E-state index is -1.02. The highest BCUT2D eigenvalue weighted by Gasteiger charge is 2.25. The lowest BCUT2D eigenvalue weighted by Gasteiger charge is -2.19. The molecule has 0 spiro atoms. The molecule has 1 aromatic carbocycles. The minimum absolute atomic E-state index is 0.111. The Morgan fingerprint density at radius 2 is 1.89 bits per heavy atom. The molecule has 0 saturated heterocycles. The lowest BCUT2D eigenvalue weighted by Crippen LogP contribution is -2.16. The van der Waals surface area contributed by atoms with Crippen molar-refractivity contribution in [1.82, 2.24) is 14.8 Å². The van der Waals surface area contributed by atoms with E-state index < -0.39 is 5.97 Å². The molecule has 3 rings (SSSR count). The molecule has 0 amide bonds. The van der Waals surface area contributed by atoms with Crippen molar-refractivity contribution < 1.29 is 9.90 Å². The van der Waals surface area contributed by atoms with Crippen molar-refractivity contribution in [3.8, 4) is 5.69 Å².